The fourth-order valence-corrected chi connectivity index (χ4v) is 3.28. The molecule has 0 spiro atoms. The molecule has 0 aromatic heterocycles. The first-order valence-electron chi connectivity index (χ1n) is 7.50. The quantitative estimate of drug-likeness (QED) is 0.385. The van der Waals surface area contributed by atoms with Gasteiger partial charge < -0.3 is 18.9 Å². The second-order valence-corrected chi connectivity index (χ2v) is 8.24. The lowest BCUT2D eigenvalue weighted by Crippen LogP contribution is -2.29. The number of epoxide rings is 2. The molecule has 0 bridgehead atoms. The van der Waals surface area contributed by atoms with Gasteiger partial charge in [-0.05, 0) is 12.8 Å². The van der Waals surface area contributed by atoms with Crippen LogP contribution in [-0.4, -0.2) is 75.4 Å². The fraction of sp³-hybridized carbons (Fsp3) is 1.00. The van der Waals surface area contributed by atoms with E-state index in [1.165, 1.54) is 0 Å². The summed E-state index contributed by atoms with van der Waals surface area (Å²) in [7, 11) is -8.24. The summed E-state index contributed by atoms with van der Waals surface area (Å²) in [6, 6.07) is 0. The third-order valence-electron chi connectivity index (χ3n) is 2.88. The standard InChI is InChI=1S/2C6H12O5S/c2*1-2-3-10-6(5-4-11-5)12(7,8)9/h2*5-6H,2-4H2,1H3,(H,7,8,9). The molecule has 2 rings (SSSR count). The number of rotatable bonds is 10. The van der Waals surface area contributed by atoms with Crippen molar-refractivity contribution in [2.45, 2.75) is 49.8 Å². The lowest BCUT2D eigenvalue weighted by molar-refractivity contribution is 0.0793. The first-order valence-corrected chi connectivity index (χ1v) is 10.5. The molecule has 2 N–H and O–H groups in total. The normalized spacial score (nSPS) is 25.3. The van der Waals surface area contributed by atoms with E-state index in [2.05, 4.69) is 0 Å². The van der Waals surface area contributed by atoms with Crippen LogP contribution in [-0.2, 0) is 39.2 Å². The van der Waals surface area contributed by atoms with Crippen LogP contribution >= 0.6 is 0 Å². The molecule has 0 aromatic rings. The number of hydrogen-bond acceptors (Lipinski definition) is 8. The van der Waals surface area contributed by atoms with E-state index in [1.54, 1.807) is 0 Å². The van der Waals surface area contributed by atoms with Gasteiger partial charge in [-0.25, -0.2) is 0 Å². The minimum atomic E-state index is -4.12. The van der Waals surface area contributed by atoms with Crippen molar-refractivity contribution in [3.05, 3.63) is 0 Å². The summed E-state index contributed by atoms with van der Waals surface area (Å²) in [5.74, 6) is 0. The van der Waals surface area contributed by atoms with Gasteiger partial charge in [-0.3, -0.25) is 9.11 Å². The molecule has 2 saturated heterocycles. The molecule has 4 atom stereocenters. The van der Waals surface area contributed by atoms with Crippen LogP contribution in [0.5, 0.6) is 0 Å². The van der Waals surface area contributed by atoms with Gasteiger partial charge >= 0.3 is 0 Å². The summed E-state index contributed by atoms with van der Waals surface area (Å²) in [4.78, 5) is 0. The van der Waals surface area contributed by atoms with Gasteiger partial charge in [0.1, 0.15) is 12.2 Å². The number of hydrogen-bond donors (Lipinski definition) is 2. The van der Waals surface area contributed by atoms with Gasteiger partial charge in [-0.1, -0.05) is 13.8 Å². The van der Waals surface area contributed by atoms with E-state index in [1.807, 2.05) is 13.8 Å². The van der Waals surface area contributed by atoms with Gasteiger partial charge in [0.2, 0.25) is 10.9 Å². The van der Waals surface area contributed by atoms with Crippen molar-refractivity contribution in [1.29, 1.82) is 0 Å². The van der Waals surface area contributed by atoms with Crippen LogP contribution in [0, 0.1) is 0 Å². The van der Waals surface area contributed by atoms with E-state index in [4.69, 9.17) is 28.1 Å². The molecule has 0 radical (unpaired) electrons. The van der Waals surface area contributed by atoms with Crippen molar-refractivity contribution in [3.63, 3.8) is 0 Å². The maximum atomic E-state index is 10.7. The molecule has 0 saturated carbocycles. The highest BCUT2D eigenvalue weighted by Crippen LogP contribution is 2.21. The highest BCUT2D eigenvalue weighted by atomic mass is 32.2. The minimum absolute atomic E-state index is 0.310. The zero-order valence-corrected chi connectivity index (χ0v) is 15.2. The molecule has 2 aliphatic heterocycles. The van der Waals surface area contributed by atoms with E-state index in [-0.39, 0.29) is 0 Å². The maximum Gasteiger partial charge on any atom is 0.295 e. The number of ether oxygens (including phenoxy) is 4. The summed E-state index contributed by atoms with van der Waals surface area (Å²) in [5.41, 5.74) is -2.39. The zero-order valence-electron chi connectivity index (χ0n) is 13.5. The summed E-state index contributed by atoms with van der Waals surface area (Å²) < 4.78 is 79.3. The van der Waals surface area contributed by atoms with Gasteiger partial charge in [0, 0.05) is 13.2 Å². The van der Waals surface area contributed by atoms with E-state index in [0.717, 1.165) is 0 Å². The van der Waals surface area contributed by atoms with E-state index in [0.29, 0.717) is 39.3 Å². The minimum Gasteiger partial charge on any atom is -0.369 e. The summed E-state index contributed by atoms with van der Waals surface area (Å²) >= 11 is 0. The molecule has 0 aromatic carbocycles. The Kier molecular flexibility index (Phi) is 8.48. The van der Waals surface area contributed by atoms with Gasteiger partial charge in [-0.2, -0.15) is 16.8 Å². The molecule has 2 aliphatic rings. The van der Waals surface area contributed by atoms with Gasteiger partial charge in [-0.15, -0.1) is 0 Å². The van der Waals surface area contributed by atoms with Gasteiger partial charge in [0.15, 0.2) is 0 Å². The monoisotopic (exact) mass is 392 g/mol. The van der Waals surface area contributed by atoms with Crippen molar-refractivity contribution in [2.75, 3.05) is 26.4 Å². The SMILES string of the molecule is CCCOC(C1CO1)S(=O)(=O)O.CCCOC(C1CO1)S(=O)(=O)O. The fourth-order valence-electron chi connectivity index (χ4n) is 1.66. The Balaban J connectivity index is 0.000000240. The molecule has 2 fully saturated rings. The smallest absolute Gasteiger partial charge is 0.295 e. The second-order valence-electron chi connectivity index (χ2n) is 5.25. The highest BCUT2D eigenvalue weighted by molar-refractivity contribution is 7.86. The third-order valence-corrected chi connectivity index (χ3v) is 4.94. The first-order chi connectivity index (χ1) is 11.1. The van der Waals surface area contributed by atoms with Crippen LogP contribution in [0.25, 0.3) is 0 Å². The van der Waals surface area contributed by atoms with Crippen LogP contribution in [0.2, 0.25) is 0 Å². The summed E-state index contributed by atoms with van der Waals surface area (Å²) in [5, 5.41) is 0. The predicted octanol–water partition coefficient (Wildman–Crippen LogP) is 0.0514. The molecular weight excluding hydrogens is 368 g/mol. The molecular formula is C12H24O10S2. The van der Waals surface area contributed by atoms with Crippen molar-refractivity contribution >= 4 is 20.2 Å². The lowest BCUT2D eigenvalue weighted by atomic mass is 10.5. The van der Waals surface area contributed by atoms with Crippen LogP contribution in [0.3, 0.4) is 0 Å². The summed E-state index contributed by atoms with van der Waals surface area (Å²) in [6.45, 7) is 5.01. The maximum absolute atomic E-state index is 10.7. The Hall–Kier alpha value is -0.340. The second kappa shape index (κ2) is 9.38. The topological polar surface area (TPSA) is 152 Å². The van der Waals surface area contributed by atoms with Crippen molar-refractivity contribution in [2.24, 2.45) is 0 Å². The molecule has 12 heteroatoms. The van der Waals surface area contributed by atoms with Gasteiger partial charge in [0.05, 0.1) is 13.2 Å². The Morgan fingerprint density at radius 3 is 1.33 bits per heavy atom. The average Bonchev–Trinajstić information content (AvgIpc) is 3.32. The van der Waals surface area contributed by atoms with Crippen LogP contribution < -0.4 is 0 Å². The van der Waals surface area contributed by atoms with Gasteiger partial charge in [0.25, 0.3) is 20.2 Å². The molecule has 0 aliphatic carbocycles. The first kappa shape index (κ1) is 21.7. The Labute approximate surface area is 141 Å². The summed E-state index contributed by atoms with van der Waals surface area (Å²) in [6.07, 6.45) is 0.454. The zero-order chi connectivity index (χ0) is 18.4. The molecule has 0 amide bonds. The molecule has 10 nitrogen and oxygen atoms in total. The van der Waals surface area contributed by atoms with E-state index >= 15 is 0 Å². The van der Waals surface area contributed by atoms with Crippen molar-refractivity contribution < 1.29 is 44.9 Å². The third kappa shape index (κ3) is 8.16. The molecule has 2 heterocycles. The average molecular weight is 392 g/mol. The van der Waals surface area contributed by atoms with E-state index < -0.39 is 43.3 Å². The predicted molar refractivity (Wildman–Crippen MR) is 82.6 cm³/mol. The van der Waals surface area contributed by atoms with Crippen molar-refractivity contribution in [1.82, 2.24) is 0 Å². The molecule has 4 unspecified atom stereocenters. The van der Waals surface area contributed by atoms with E-state index in [9.17, 15) is 16.8 Å². The molecule has 144 valence electrons. The Bertz CT molecular complexity index is 513. The Morgan fingerprint density at radius 1 is 0.875 bits per heavy atom. The van der Waals surface area contributed by atoms with Crippen LogP contribution in [0.15, 0.2) is 0 Å². The Morgan fingerprint density at radius 2 is 1.17 bits per heavy atom. The molecule has 24 heavy (non-hydrogen) atoms. The largest absolute Gasteiger partial charge is 0.369 e. The lowest BCUT2D eigenvalue weighted by Gasteiger charge is -2.10. The van der Waals surface area contributed by atoms with Crippen LogP contribution in [0.4, 0.5) is 0 Å². The van der Waals surface area contributed by atoms with Crippen molar-refractivity contribution in [3.8, 4) is 0 Å². The van der Waals surface area contributed by atoms with Crippen LogP contribution in [0.1, 0.15) is 26.7 Å². The highest BCUT2D eigenvalue weighted by Gasteiger charge is 2.42.